The summed E-state index contributed by atoms with van der Waals surface area (Å²) in [4.78, 5) is 3.73. The largest absolute Gasteiger partial charge is 0.322 e. The Morgan fingerprint density at radius 3 is 2.62 bits per heavy atom. The highest BCUT2D eigenvalue weighted by molar-refractivity contribution is 5.82. The normalized spacial score (nSPS) is 11.1. The van der Waals surface area contributed by atoms with E-state index in [1.807, 2.05) is 0 Å². The van der Waals surface area contributed by atoms with Gasteiger partial charge in [0.05, 0.1) is 11.2 Å². The second-order valence-electron chi connectivity index (χ2n) is 3.20. The Labute approximate surface area is 89.1 Å². The molecule has 16 heavy (non-hydrogen) atoms. The van der Waals surface area contributed by atoms with Gasteiger partial charge in [-0.3, -0.25) is 5.84 Å². The van der Waals surface area contributed by atoms with Crippen molar-refractivity contribution < 1.29 is 13.2 Å². The fourth-order valence-electron chi connectivity index (χ4n) is 1.44. The van der Waals surface area contributed by atoms with Crippen LogP contribution < -0.4 is 11.3 Å². The lowest BCUT2D eigenvalue weighted by molar-refractivity contribution is 0.147. The molecule has 3 N–H and O–H groups in total. The number of halogens is 3. The minimum atomic E-state index is -2.74. The number of nitrogens with one attached hydrogen (secondary N) is 1. The number of nitrogens with zero attached hydrogens (tertiary/aromatic N) is 1. The summed E-state index contributed by atoms with van der Waals surface area (Å²) in [5.74, 6) is 4.64. The molecule has 6 heteroatoms. The van der Waals surface area contributed by atoms with E-state index in [0.29, 0.717) is 10.9 Å². The molecule has 1 heterocycles. The highest BCUT2D eigenvalue weighted by Gasteiger charge is 2.15. The third-order valence-corrected chi connectivity index (χ3v) is 2.17. The first-order valence-corrected chi connectivity index (χ1v) is 4.47. The predicted molar refractivity (Wildman–Crippen MR) is 54.5 cm³/mol. The molecule has 0 radical (unpaired) electrons. The highest BCUT2D eigenvalue weighted by atomic mass is 19.3. The molecule has 0 aliphatic heterocycles. The van der Waals surface area contributed by atoms with Gasteiger partial charge in [0.2, 0.25) is 0 Å². The number of nitrogens with two attached hydrogens (primary N) is 1. The van der Waals surface area contributed by atoms with E-state index in [-0.39, 0.29) is 5.69 Å². The third-order valence-electron chi connectivity index (χ3n) is 2.17. The van der Waals surface area contributed by atoms with E-state index in [2.05, 4.69) is 10.4 Å². The van der Waals surface area contributed by atoms with Crippen LogP contribution in [0.25, 0.3) is 10.9 Å². The number of hydrogen-bond donors (Lipinski definition) is 2. The van der Waals surface area contributed by atoms with Crippen LogP contribution in [0.15, 0.2) is 24.3 Å². The molecule has 0 bridgehead atoms. The summed E-state index contributed by atoms with van der Waals surface area (Å²) in [5, 5.41) is 0.414. The molecule has 0 fully saturated rings. The van der Waals surface area contributed by atoms with Gasteiger partial charge >= 0.3 is 0 Å². The SMILES string of the molecule is NNc1cc2cc(F)ccc2nc1C(F)F. The molecule has 84 valence electrons. The molecular weight excluding hydrogens is 219 g/mol. The van der Waals surface area contributed by atoms with E-state index in [4.69, 9.17) is 5.84 Å². The highest BCUT2D eigenvalue weighted by Crippen LogP contribution is 2.28. The van der Waals surface area contributed by atoms with Crippen molar-refractivity contribution >= 4 is 16.6 Å². The van der Waals surface area contributed by atoms with Gasteiger partial charge < -0.3 is 5.43 Å². The summed E-state index contributed by atoms with van der Waals surface area (Å²) in [5.41, 5.74) is 1.98. The molecule has 3 nitrogen and oxygen atoms in total. The molecule has 0 spiro atoms. The minimum Gasteiger partial charge on any atom is -0.322 e. The molecular formula is C10H8F3N3. The number of anilines is 1. The van der Waals surface area contributed by atoms with Gasteiger partial charge in [0, 0.05) is 5.39 Å². The van der Waals surface area contributed by atoms with Gasteiger partial charge in [0.15, 0.2) is 0 Å². The smallest absolute Gasteiger partial charge is 0.282 e. The van der Waals surface area contributed by atoms with Crippen molar-refractivity contribution in [3.05, 3.63) is 35.8 Å². The van der Waals surface area contributed by atoms with Crippen LogP contribution in [0.2, 0.25) is 0 Å². The summed E-state index contributed by atoms with van der Waals surface area (Å²) in [7, 11) is 0. The van der Waals surface area contributed by atoms with Crippen LogP contribution in [0.4, 0.5) is 18.9 Å². The van der Waals surface area contributed by atoms with Crippen LogP contribution >= 0.6 is 0 Å². The Bertz CT molecular complexity index is 528. The number of rotatable bonds is 2. The van der Waals surface area contributed by atoms with Crippen LogP contribution in [0.3, 0.4) is 0 Å². The van der Waals surface area contributed by atoms with E-state index in [1.54, 1.807) is 0 Å². The van der Waals surface area contributed by atoms with Crippen molar-refractivity contribution in [2.45, 2.75) is 6.43 Å². The van der Waals surface area contributed by atoms with Crippen molar-refractivity contribution in [2.24, 2.45) is 5.84 Å². The molecule has 0 atom stereocenters. The zero-order chi connectivity index (χ0) is 11.7. The van der Waals surface area contributed by atoms with Crippen LogP contribution in [0, 0.1) is 5.82 Å². The van der Waals surface area contributed by atoms with E-state index in [0.717, 1.165) is 0 Å². The lowest BCUT2D eigenvalue weighted by Crippen LogP contribution is -2.10. The summed E-state index contributed by atoms with van der Waals surface area (Å²) in [6, 6.07) is 5.06. The van der Waals surface area contributed by atoms with E-state index in [1.165, 1.54) is 24.3 Å². The van der Waals surface area contributed by atoms with Crippen molar-refractivity contribution in [1.29, 1.82) is 0 Å². The number of pyridine rings is 1. The number of nitrogen functional groups attached to an aromatic ring is 1. The number of benzene rings is 1. The number of aromatic nitrogens is 1. The minimum absolute atomic E-state index is 0.00639. The lowest BCUT2D eigenvalue weighted by Gasteiger charge is -2.08. The van der Waals surface area contributed by atoms with Crippen molar-refractivity contribution in [3.63, 3.8) is 0 Å². The van der Waals surface area contributed by atoms with Gasteiger partial charge in [-0.2, -0.15) is 0 Å². The first-order chi connectivity index (χ1) is 7.61. The monoisotopic (exact) mass is 227 g/mol. The Hall–Kier alpha value is -1.82. The van der Waals surface area contributed by atoms with Crippen molar-refractivity contribution in [2.75, 3.05) is 5.43 Å². The maximum Gasteiger partial charge on any atom is 0.282 e. The average molecular weight is 227 g/mol. The molecule has 2 rings (SSSR count). The maximum atomic E-state index is 12.9. The first-order valence-electron chi connectivity index (χ1n) is 4.47. The van der Waals surface area contributed by atoms with Gasteiger partial charge in [0.1, 0.15) is 11.5 Å². The molecule has 2 aromatic rings. The van der Waals surface area contributed by atoms with Gasteiger partial charge in [-0.25, -0.2) is 18.2 Å². The molecule has 1 aromatic heterocycles. The Balaban J connectivity index is 2.70. The summed E-state index contributed by atoms with van der Waals surface area (Å²) >= 11 is 0. The van der Waals surface area contributed by atoms with Crippen LogP contribution in [-0.4, -0.2) is 4.98 Å². The number of hydrogen-bond acceptors (Lipinski definition) is 3. The van der Waals surface area contributed by atoms with Gasteiger partial charge in [-0.05, 0) is 24.3 Å². The number of alkyl halides is 2. The third kappa shape index (κ3) is 1.79. The van der Waals surface area contributed by atoms with Gasteiger partial charge in [-0.15, -0.1) is 0 Å². The standard InChI is InChI=1S/C10H8F3N3/c11-6-1-2-7-5(3-6)4-8(16-14)9(15-7)10(12)13/h1-4,10,16H,14H2. The molecule has 0 unspecified atom stereocenters. The van der Waals surface area contributed by atoms with Crippen molar-refractivity contribution in [3.8, 4) is 0 Å². The van der Waals surface area contributed by atoms with Crippen LogP contribution in [-0.2, 0) is 0 Å². The quantitative estimate of drug-likeness (QED) is 0.612. The first kappa shape index (κ1) is 10.7. The Kier molecular flexibility index (Phi) is 2.66. The number of fused-ring (bicyclic) bond motifs is 1. The average Bonchev–Trinajstić information content (AvgIpc) is 2.26. The fraction of sp³-hybridized carbons (Fsp3) is 0.100. The zero-order valence-electron chi connectivity index (χ0n) is 8.05. The molecule has 0 saturated carbocycles. The zero-order valence-corrected chi connectivity index (χ0v) is 8.05. The lowest BCUT2D eigenvalue weighted by atomic mass is 10.1. The van der Waals surface area contributed by atoms with E-state index >= 15 is 0 Å². The van der Waals surface area contributed by atoms with E-state index < -0.39 is 17.9 Å². The second-order valence-corrected chi connectivity index (χ2v) is 3.20. The van der Waals surface area contributed by atoms with E-state index in [9.17, 15) is 13.2 Å². The van der Waals surface area contributed by atoms with Gasteiger partial charge in [-0.1, -0.05) is 0 Å². The topological polar surface area (TPSA) is 50.9 Å². The second kappa shape index (κ2) is 3.97. The molecule has 0 aliphatic carbocycles. The molecule has 0 aliphatic rings. The fourth-order valence-corrected chi connectivity index (χ4v) is 1.44. The summed E-state index contributed by atoms with van der Waals surface area (Å²) in [6.45, 7) is 0. The summed E-state index contributed by atoms with van der Waals surface area (Å²) < 4.78 is 38.1. The maximum absolute atomic E-state index is 12.9. The predicted octanol–water partition coefficient (Wildman–Crippen LogP) is 2.60. The Morgan fingerprint density at radius 2 is 2.00 bits per heavy atom. The summed E-state index contributed by atoms with van der Waals surface area (Å²) in [6.07, 6.45) is -2.74. The molecule has 1 aromatic carbocycles. The Morgan fingerprint density at radius 1 is 1.25 bits per heavy atom. The molecule has 0 saturated heterocycles. The van der Waals surface area contributed by atoms with Gasteiger partial charge in [0.25, 0.3) is 6.43 Å². The molecule has 0 amide bonds. The van der Waals surface area contributed by atoms with Crippen molar-refractivity contribution in [1.82, 2.24) is 4.98 Å². The van der Waals surface area contributed by atoms with Crippen LogP contribution in [0.1, 0.15) is 12.1 Å². The number of hydrazine groups is 1. The van der Waals surface area contributed by atoms with Crippen LogP contribution in [0.5, 0.6) is 0 Å².